The zero-order valence-corrected chi connectivity index (χ0v) is 16.3. The molecule has 0 bridgehead atoms. The van der Waals surface area contributed by atoms with Crippen LogP contribution < -0.4 is 10.9 Å². The van der Waals surface area contributed by atoms with E-state index in [0.717, 1.165) is 0 Å². The Kier molecular flexibility index (Phi) is 12.7. The molecule has 0 aliphatic carbocycles. The summed E-state index contributed by atoms with van der Waals surface area (Å²) in [6.45, 7) is 4.57. The van der Waals surface area contributed by atoms with E-state index in [1.165, 1.54) is 33.1 Å². The monoisotopic (exact) mass is 422 g/mol. The van der Waals surface area contributed by atoms with Crippen LogP contribution in [0.1, 0.15) is 13.8 Å². The molecular weight excluding hydrogens is 399 g/mol. The second-order valence-electron chi connectivity index (χ2n) is 4.28. The van der Waals surface area contributed by atoms with Gasteiger partial charge in [-0.15, -0.1) is 0 Å². The Bertz CT molecular complexity index is 615. The first-order chi connectivity index (χ1) is 11.0. The van der Waals surface area contributed by atoms with Gasteiger partial charge in [-0.1, -0.05) is 36.4 Å². The number of hydrogen-bond acceptors (Lipinski definition) is 4. The molecule has 2 aromatic rings. The van der Waals surface area contributed by atoms with Crippen molar-refractivity contribution in [2.45, 2.75) is 22.7 Å². The van der Waals surface area contributed by atoms with Crippen LogP contribution in [0, 0.1) is 0 Å². The molecule has 0 aliphatic heterocycles. The molecule has 0 unspecified atom stereocenters. The molecule has 2 aromatic carbocycles. The molecule has 0 heterocycles. The fourth-order valence-electron chi connectivity index (χ4n) is 1.29. The Hall–Kier alpha value is -1.82. The molecule has 4 nitrogen and oxygen atoms in total. The maximum absolute atomic E-state index is 10.6. The Labute approximate surface area is 146 Å². The van der Waals surface area contributed by atoms with E-state index in [2.05, 4.69) is 13.8 Å². The minimum absolute atomic E-state index is 0.208. The van der Waals surface area contributed by atoms with Crippen molar-refractivity contribution in [1.29, 1.82) is 0 Å². The molecule has 0 amide bonds. The van der Waals surface area contributed by atoms with E-state index >= 15 is 0 Å². The van der Waals surface area contributed by atoms with E-state index in [1.54, 1.807) is 36.4 Å². The van der Waals surface area contributed by atoms with Gasteiger partial charge >= 0.3 is 43.9 Å². The van der Waals surface area contributed by atoms with Crippen molar-refractivity contribution in [3.63, 3.8) is 0 Å². The molecule has 5 heteroatoms. The minimum atomic E-state index is -0.347. The third-order valence-corrected chi connectivity index (χ3v) is 5.31. The molecule has 0 spiro atoms. The van der Waals surface area contributed by atoms with Gasteiger partial charge in [0.05, 0.1) is 0 Å². The normalized spacial score (nSPS) is 8.78. The van der Waals surface area contributed by atoms with Crippen molar-refractivity contribution in [3.05, 3.63) is 81.1 Å². The van der Waals surface area contributed by atoms with Gasteiger partial charge in [-0.05, 0) is 24.3 Å². The van der Waals surface area contributed by atoms with Crippen molar-refractivity contribution >= 4 is 21.1 Å². The fourth-order valence-corrected chi connectivity index (χ4v) is 2.72. The maximum Gasteiger partial charge on any atom is 0.220 e. The second-order valence-corrected chi connectivity index (χ2v) is 9.74. The zero-order valence-electron chi connectivity index (χ0n) is 13.4. The Morgan fingerprint density at radius 3 is 1.35 bits per heavy atom. The molecule has 2 radical (unpaired) electrons. The van der Waals surface area contributed by atoms with Crippen molar-refractivity contribution in [2.75, 3.05) is 0 Å². The van der Waals surface area contributed by atoms with Gasteiger partial charge in [-0.25, -0.2) is 0 Å². The van der Waals surface area contributed by atoms with Crippen LogP contribution in [0.3, 0.4) is 0 Å². The summed E-state index contributed by atoms with van der Waals surface area (Å²) in [4.78, 5) is 21.1. The molecule has 0 aromatic heterocycles. The summed E-state index contributed by atoms with van der Waals surface area (Å²) in [6.07, 6.45) is 0. The van der Waals surface area contributed by atoms with Gasteiger partial charge in [-0.3, -0.25) is 9.59 Å². The first-order valence-corrected chi connectivity index (χ1v) is 11.3. The molecule has 23 heavy (non-hydrogen) atoms. The molecule has 0 saturated carbocycles. The largest absolute Gasteiger partial charge is 0.504 e. The van der Waals surface area contributed by atoms with E-state index in [-0.39, 0.29) is 43.5 Å². The van der Waals surface area contributed by atoms with Crippen molar-refractivity contribution in [2.24, 2.45) is 0 Å². The van der Waals surface area contributed by atoms with Gasteiger partial charge in [0.1, 0.15) is 0 Å². The number of rotatable bonds is 2. The third-order valence-electron chi connectivity index (χ3n) is 2.45. The quantitative estimate of drug-likeness (QED) is 0.732. The van der Waals surface area contributed by atoms with Crippen LogP contribution in [0.15, 0.2) is 70.3 Å². The van der Waals surface area contributed by atoms with E-state index in [4.69, 9.17) is 10.2 Å². The smallest absolute Gasteiger partial charge is 0.220 e. The SMILES string of the molecule is C[CH2][Sn][CH2]C.O=c1cccccc1O.O=c1cccccc1O. The number of aromatic hydroxyl groups is 2. The average Bonchev–Trinajstić information content (AvgIpc) is 2.84. The molecule has 0 aliphatic rings. The van der Waals surface area contributed by atoms with Crippen LogP contribution in [-0.2, 0) is 0 Å². The van der Waals surface area contributed by atoms with Crippen LogP contribution in [0.4, 0.5) is 0 Å². The summed E-state index contributed by atoms with van der Waals surface area (Å²) in [5, 5.41) is 17.5. The third kappa shape index (κ3) is 11.4. The molecule has 2 rings (SSSR count). The molecule has 2 N–H and O–H groups in total. The molecule has 0 fully saturated rings. The summed E-state index contributed by atoms with van der Waals surface area (Å²) in [6, 6.07) is 15.1. The summed E-state index contributed by atoms with van der Waals surface area (Å²) in [5.41, 5.74) is -0.694. The summed E-state index contributed by atoms with van der Waals surface area (Å²) in [7, 11) is 0. The van der Waals surface area contributed by atoms with Gasteiger partial charge < -0.3 is 10.2 Å². The standard InChI is InChI=1S/2C7H6O2.2C2H5.Sn/c2*8-6-4-2-1-3-5-7(6)9;2*1-2;/h2*1-5H,(H,8,9);2*1H2,2H3;. The van der Waals surface area contributed by atoms with Crippen LogP contribution in [-0.4, -0.2) is 31.4 Å². The van der Waals surface area contributed by atoms with Crippen LogP contribution in [0.2, 0.25) is 8.87 Å². The van der Waals surface area contributed by atoms with Crippen molar-refractivity contribution in [1.82, 2.24) is 0 Å². The van der Waals surface area contributed by atoms with Crippen molar-refractivity contribution < 1.29 is 10.2 Å². The van der Waals surface area contributed by atoms with Gasteiger partial charge in [0, 0.05) is 0 Å². The first kappa shape index (κ1) is 21.2. The Morgan fingerprint density at radius 1 is 0.696 bits per heavy atom. The van der Waals surface area contributed by atoms with E-state index in [0.29, 0.717) is 0 Å². The van der Waals surface area contributed by atoms with E-state index < -0.39 is 0 Å². The van der Waals surface area contributed by atoms with Crippen LogP contribution in [0.25, 0.3) is 0 Å². The minimum Gasteiger partial charge on any atom is -0.504 e. The predicted molar refractivity (Wildman–Crippen MR) is 95.5 cm³/mol. The predicted octanol–water partition coefficient (Wildman–Crippen LogP) is 3.07. The van der Waals surface area contributed by atoms with Crippen LogP contribution >= 0.6 is 0 Å². The second kappa shape index (κ2) is 13.8. The van der Waals surface area contributed by atoms with Gasteiger partial charge in [0.25, 0.3) is 0 Å². The number of hydrogen-bond donors (Lipinski definition) is 2. The van der Waals surface area contributed by atoms with Gasteiger partial charge in [-0.2, -0.15) is 0 Å². The first-order valence-electron chi connectivity index (χ1n) is 7.30. The maximum atomic E-state index is 10.6. The molecular formula is C18H22O4Sn. The van der Waals surface area contributed by atoms with Crippen LogP contribution in [0.5, 0.6) is 11.5 Å². The van der Waals surface area contributed by atoms with E-state index in [9.17, 15) is 9.59 Å². The Balaban J connectivity index is 0.000000332. The molecule has 0 atom stereocenters. The van der Waals surface area contributed by atoms with Gasteiger partial charge in [0.15, 0.2) is 11.5 Å². The topological polar surface area (TPSA) is 74.6 Å². The summed E-state index contributed by atoms with van der Waals surface area (Å²) in [5.74, 6) is -0.417. The summed E-state index contributed by atoms with van der Waals surface area (Å²) >= 11 is 0.218. The molecule has 0 saturated heterocycles. The zero-order chi connectivity index (χ0) is 17.5. The fraction of sp³-hybridized carbons (Fsp3) is 0.222. The molecule has 122 valence electrons. The average molecular weight is 421 g/mol. The van der Waals surface area contributed by atoms with Crippen molar-refractivity contribution in [3.8, 4) is 11.5 Å². The van der Waals surface area contributed by atoms with Gasteiger partial charge in [0.2, 0.25) is 10.9 Å². The Morgan fingerprint density at radius 2 is 1.04 bits per heavy atom. The summed E-state index contributed by atoms with van der Waals surface area (Å²) < 4.78 is 3.03. The van der Waals surface area contributed by atoms with E-state index in [1.807, 2.05) is 0 Å².